The van der Waals surface area contributed by atoms with Gasteiger partial charge >= 0.3 is 0 Å². The molecule has 0 radical (unpaired) electrons. The lowest BCUT2D eigenvalue weighted by Crippen LogP contribution is -2.34. The molecule has 6 rings (SSSR count). The van der Waals surface area contributed by atoms with E-state index in [1.165, 1.54) is 0 Å². The summed E-state index contributed by atoms with van der Waals surface area (Å²) >= 11 is 0. The van der Waals surface area contributed by atoms with Crippen molar-refractivity contribution in [1.29, 1.82) is 0 Å². The van der Waals surface area contributed by atoms with E-state index in [0.717, 1.165) is 22.4 Å². The molecule has 0 aliphatic carbocycles. The number of rotatable bonds is 4. The Morgan fingerprint density at radius 2 is 1.29 bits per heavy atom. The zero-order valence-corrected chi connectivity index (χ0v) is 18.4. The van der Waals surface area contributed by atoms with Gasteiger partial charge < -0.3 is 14.6 Å². The van der Waals surface area contributed by atoms with Crippen molar-refractivity contribution in [2.75, 3.05) is 18.1 Å². The molecule has 2 aliphatic rings. The van der Waals surface area contributed by atoms with Crippen LogP contribution in [0.2, 0.25) is 0 Å². The monoisotopic (exact) mass is 449 g/mol. The zero-order chi connectivity index (χ0) is 23.1. The van der Waals surface area contributed by atoms with E-state index in [4.69, 9.17) is 9.47 Å². The van der Waals surface area contributed by atoms with Crippen LogP contribution in [0.4, 0.5) is 5.69 Å². The van der Waals surface area contributed by atoms with E-state index in [1.807, 2.05) is 89.8 Å². The number of fused-ring (bicyclic) bond motifs is 2. The Morgan fingerprint density at radius 1 is 0.735 bits per heavy atom. The van der Waals surface area contributed by atoms with E-state index in [-0.39, 0.29) is 17.7 Å². The van der Waals surface area contributed by atoms with E-state index in [1.54, 1.807) is 12.1 Å². The fourth-order valence-corrected chi connectivity index (χ4v) is 4.99. The largest absolute Gasteiger partial charge is 0.507 e. The Labute approximate surface area is 197 Å². The molecular weight excluding hydrogens is 426 g/mol. The minimum Gasteiger partial charge on any atom is -0.507 e. The summed E-state index contributed by atoms with van der Waals surface area (Å²) in [7, 11) is 0. The maximum Gasteiger partial charge on any atom is 0.240 e. The molecule has 0 saturated heterocycles. The molecule has 1 unspecified atom stereocenters. The number of para-hydroxylation sites is 1. The van der Waals surface area contributed by atoms with Crippen LogP contribution in [0, 0.1) is 0 Å². The van der Waals surface area contributed by atoms with Crippen LogP contribution >= 0.6 is 0 Å². The van der Waals surface area contributed by atoms with E-state index in [2.05, 4.69) is 0 Å². The van der Waals surface area contributed by atoms with Crippen molar-refractivity contribution < 1.29 is 19.4 Å². The number of ether oxygens (including phenoxy) is 2. The Bertz CT molecular complexity index is 1310. The molecule has 1 atom stereocenters. The minimum atomic E-state index is -0.651. The molecule has 1 N–H and O–H groups in total. The van der Waals surface area contributed by atoms with Gasteiger partial charge in [0.15, 0.2) is 11.5 Å². The summed E-state index contributed by atoms with van der Waals surface area (Å²) < 4.78 is 11.4. The number of carbonyl (C=O) groups is 1. The minimum absolute atomic E-state index is 0.0234. The van der Waals surface area contributed by atoms with Crippen LogP contribution in [0.15, 0.2) is 97.1 Å². The van der Waals surface area contributed by atoms with E-state index in [9.17, 15) is 9.90 Å². The first-order valence-corrected chi connectivity index (χ1v) is 11.4. The summed E-state index contributed by atoms with van der Waals surface area (Å²) in [5.74, 6) is 0.322. The van der Waals surface area contributed by atoms with E-state index >= 15 is 0 Å². The molecule has 0 aromatic heterocycles. The van der Waals surface area contributed by atoms with Gasteiger partial charge in [0.2, 0.25) is 5.91 Å². The highest BCUT2D eigenvalue weighted by Gasteiger charge is 2.43. The van der Waals surface area contributed by atoms with Gasteiger partial charge in [-0.3, -0.25) is 9.69 Å². The van der Waals surface area contributed by atoms with Crippen LogP contribution in [0.5, 0.6) is 17.2 Å². The smallest absolute Gasteiger partial charge is 0.240 e. The lowest BCUT2D eigenvalue weighted by molar-refractivity contribution is -0.118. The number of nitrogens with zero attached hydrogens (tertiary/aromatic N) is 1. The molecule has 2 aliphatic heterocycles. The predicted octanol–water partition coefficient (Wildman–Crippen LogP) is 5.43. The molecule has 5 nitrogen and oxygen atoms in total. The molecule has 0 fully saturated rings. The number of anilines is 1. The number of benzene rings is 4. The summed E-state index contributed by atoms with van der Waals surface area (Å²) in [4.78, 5) is 16.1. The van der Waals surface area contributed by atoms with Crippen LogP contribution < -0.4 is 14.4 Å². The molecule has 34 heavy (non-hydrogen) atoms. The van der Waals surface area contributed by atoms with Crippen LogP contribution in [-0.2, 0) is 4.79 Å². The Hall–Kier alpha value is -4.25. The van der Waals surface area contributed by atoms with Gasteiger partial charge in [0.25, 0.3) is 0 Å². The molecule has 4 aromatic rings. The number of phenolic OH excluding ortho intramolecular Hbond substituents is 1. The number of phenols is 1. The second-order valence-electron chi connectivity index (χ2n) is 8.48. The van der Waals surface area contributed by atoms with Crippen molar-refractivity contribution in [2.24, 2.45) is 0 Å². The van der Waals surface area contributed by atoms with Crippen molar-refractivity contribution >= 4 is 11.6 Å². The summed E-state index contributed by atoms with van der Waals surface area (Å²) in [6.45, 7) is 0.864. The molecule has 5 heteroatoms. The Balaban J connectivity index is 1.52. The highest BCUT2D eigenvalue weighted by Crippen LogP contribution is 2.50. The molecular formula is C29H23NO4. The zero-order valence-electron chi connectivity index (χ0n) is 18.4. The SMILES string of the molecule is O=C1C(c2cc3c(cc2O)OCCO3)c2ccccc2N1C(c1ccccc1)c1ccccc1. The average molecular weight is 450 g/mol. The van der Waals surface area contributed by atoms with Crippen molar-refractivity contribution in [1.82, 2.24) is 0 Å². The summed E-state index contributed by atoms with van der Waals surface area (Å²) in [5.41, 5.74) is 4.25. The Kier molecular flexibility index (Phi) is 4.95. The molecule has 0 spiro atoms. The predicted molar refractivity (Wildman–Crippen MR) is 130 cm³/mol. The van der Waals surface area contributed by atoms with Gasteiger partial charge in [-0.2, -0.15) is 0 Å². The highest BCUT2D eigenvalue weighted by molar-refractivity contribution is 6.08. The summed E-state index contributed by atoms with van der Waals surface area (Å²) in [6, 6.07) is 30.9. The first kappa shape index (κ1) is 20.4. The fraction of sp³-hybridized carbons (Fsp3) is 0.138. The van der Waals surface area contributed by atoms with Crippen molar-refractivity contribution in [2.45, 2.75) is 12.0 Å². The quantitative estimate of drug-likeness (QED) is 0.451. The number of hydrogen-bond donors (Lipinski definition) is 1. The third kappa shape index (κ3) is 3.28. The molecule has 0 bridgehead atoms. The highest BCUT2D eigenvalue weighted by atomic mass is 16.6. The van der Waals surface area contributed by atoms with Gasteiger partial charge in [-0.05, 0) is 28.8 Å². The lowest BCUT2D eigenvalue weighted by Gasteiger charge is -2.30. The normalized spacial score (nSPS) is 16.6. The van der Waals surface area contributed by atoms with Crippen LogP contribution in [0.25, 0.3) is 0 Å². The molecule has 168 valence electrons. The molecule has 0 saturated carbocycles. The third-order valence-electron chi connectivity index (χ3n) is 6.48. The standard InChI is InChI=1S/C29H23NO4/c31-24-18-26-25(33-15-16-34-26)17-22(24)27-21-13-7-8-14-23(21)30(29(27)32)28(19-9-3-1-4-10-19)20-11-5-2-6-12-20/h1-14,17-18,27-28,31H,15-16H2. The number of aromatic hydroxyl groups is 1. The molecule has 2 heterocycles. The fourth-order valence-electron chi connectivity index (χ4n) is 4.99. The van der Waals surface area contributed by atoms with Crippen LogP contribution in [-0.4, -0.2) is 24.2 Å². The molecule has 4 aromatic carbocycles. The van der Waals surface area contributed by atoms with Crippen molar-refractivity contribution in [3.05, 3.63) is 119 Å². The second-order valence-corrected chi connectivity index (χ2v) is 8.48. The first-order valence-electron chi connectivity index (χ1n) is 11.4. The second kappa shape index (κ2) is 8.27. The van der Waals surface area contributed by atoms with Gasteiger partial charge in [0.05, 0.1) is 12.0 Å². The van der Waals surface area contributed by atoms with Gasteiger partial charge in [0, 0.05) is 17.3 Å². The van der Waals surface area contributed by atoms with E-state index in [0.29, 0.717) is 30.3 Å². The van der Waals surface area contributed by atoms with Crippen molar-refractivity contribution in [3.63, 3.8) is 0 Å². The van der Waals surface area contributed by atoms with E-state index < -0.39 is 5.92 Å². The maximum absolute atomic E-state index is 14.2. The average Bonchev–Trinajstić information content (AvgIpc) is 3.17. The maximum atomic E-state index is 14.2. The Morgan fingerprint density at radius 3 is 1.94 bits per heavy atom. The van der Waals surface area contributed by atoms with Crippen molar-refractivity contribution in [3.8, 4) is 17.2 Å². The topological polar surface area (TPSA) is 59.0 Å². The summed E-state index contributed by atoms with van der Waals surface area (Å²) in [5, 5.41) is 10.9. The van der Waals surface area contributed by atoms with Gasteiger partial charge in [-0.1, -0.05) is 78.9 Å². The van der Waals surface area contributed by atoms with Gasteiger partial charge in [0.1, 0.15) is 19.0 Å². The number of carbonyl (C=O) groups excluding carboxylic acids is 1. The summed E-state index contributed by atoms with van der Waals surface area (Å²) in [6.07, 6.45) is 0. The lowest BCUT2D eigenvalue weighted by atomic mass is 9.91. The first-order chi connectivity index (χ1) is 16.7. The number of amides is 1. The number of hydrogen-bond acceptors (Lipinski definition) is 4. The van der Waals surface area contributed by atoms with Crippen LogP contribution in [0.3, 0.4) is 0 Å². The third-order valence-corrected chi connectivity index (χ3v) is 6.48. The van der Waals surface area contributed by atoms with Gasteiger partial charge in [-0.15, -0.1) is 0 Å². The van der Waals surface area contributed by atoms with Crippen LogP contribution in [0.1, 0.15) is 34.2 Å². The van der Waals surface area contributed by atoms with Gasteiger partial charge in [-0.25, -0.2) is 0 Å². The molecule has 1 amide bonds.